The molecule has 0 atom stereocenters. The van der Waals surface area contributed by atoms with Gasteiger partial charge in [0.1, 0.15) is 0 Å². The van der Waals surface area contributed by atoms with Crippen LogP contribution < -0.4 is 0 Å². The van der Waals surface area contributed by atoms with Gasteiger partial charge in [0.05, 0.1) is 6.61 Å². The van der Waals surface area contributed by atoms with Crippen molar-refractivity contribution in [3.8, 4) is 0 Å². The van der Waals surface area contributed by atoms with E-state index in [2.05, 4.69) is 6.58 Å². The van der Waals surface area contributed by atoms with Crippen LogP contribution in [0.5, 0.6) is 0 Å². The van der Waals surface area contributed by atoms with Gasteiger partial charge in [-0.25, -0.2) is 0 Å². The van der Waals surface area contributed by atoms with Gasteiger partial charge in [-0.2, -0.15) is 0 Å². The zero-order valence-electron chi connectivity index (χ0n) is 9.58. The third-order valence-electron chi connectivity index (χ3n) is 2.86. The summed E-state index contributed by atoms with van der Waals surface area (Å²) in [6.07, 6.45) is 4.54. The van der Waals surface area contributed by atoms with Crippen molar-refractivity contribution in [3.05, 3.63) is 12.7 Å². The van der Waals surface area contributed by atoms with E-state index in [1.807, 2.05) is 11.8 Å². The van der Waals surface area contributed by atoms with Crippen LogP contribution in [0.4, 0.5) is 0 Å². The van der Waals surface area contributed by atoms with Gasteiger partial charge in [-0.1, -0.05) is 13.0 Å². The molecule has 1 aliphatic heterocycles. The molecule has 1 fully saturated rings. The second-order valence-electron chi connectivity index (χ2n) is 4.00. The molecule has 86 valence electrons. The summed E-state index contributed by atoms with van der Waals surface area (Å²) >= 11 is 0. The highest BCUT2D eigenvalue weighted by molar-refractivity contribution is 5.75. The van der Waals surface area contributed by atoms with E-state index in [4.69, 9.17) is 4.74 Å². The molecular formula is C12H21NO2. The zero-order valence-corrected chi connectivity index (χ0v) is 9.58. The lowest BCUT2D eigenvalue weighted by atomic mass is 9.97. The largest absolute Gasteiger partial charge is 0.377 e. The number of nitrogens with zero attached hydrogens (tertiary/aromatic N) is 1. The van der Waals surface area contributed by atoms with Crippen LogP contribution in [0, 0.1) is 5.92 Å². The minimum Gasteiger partial charge on any atom is -0.377 e. The van der Waals surface area contributed by atoms with Crippen molar-refractivity contribution in [1.29, 1.82) is 0 Å². The molecule has 0 spiro atoms. The van der Waals surface area contributed by atoms with Gasteiger partial charge in [-0.3, -0.25) is 4.79 Å². The van der Waals surface area contributed by atoms with Crippen molar-refractivity contribution in [2.24, 2.45) is 5.92 Å². The Labute approximate surface area is 92.1 Å². The van der Waals surface area contributed by atoms with Crippen LogP contribution in [0.1, 0.15) is 26.2 Å². The summed E-state index contributed by atoms with van der Waals surface area (Å²) in [4.78, 5) is 13.4. The summed E-state index contributed by atoms with van der Waals surface area (Å²) in [6.45, 7) is 8.76. The molecule has 1 rings (SSSR count). The molecule has 0 unspecified atom stereocenters. The number of hydrogen-bond donors (Lipinski definition) is 0. The van der Waals surface area contributed by atoms with E-state index in [-0.39, 0.29) is 5.91 Å². The third kappa shape index (κ3) is 4.04. The standard InChI is InChI=1S/C12H21NO2/c1-3-9-15-10-11-5-7-13(8-6-11)12(14)4-2/h3,11H,1,4-10H2,2H3. The second kappa shape index (κ2) is 6.62. The molecule has 1 aliphatic rings. The molecule has 0 aromatic rings. The number of hydrogen-bond acceptors (Lipinski definition) is 2. The molecule has 0 radical (unpaired) electrons. The fourth-order valence-corrected chi connectivity index (χ4v) is 1.89. The Kier molecular flexibility index (Phi) is 5.40. The minimum absolute atomic E-state index is 0.278. The van der Waals surface area contributed by atoms with Crippen LogP contribution in [-0.2, 0) is 9.53 Å². The van der Waals surface area contributed by atoms with Gasteiger partial charge in [0.15, 0.2) is 0 Å². The number of carbonyl (C=O) groups is 1. The Morgan fingerprint density at radius 1 is 1.53 bits per heavy atom. The van der Waals surface area contributed by atoms with E-state index >= 15 is 0 Å². The average Bonchev–Trinajstić information content (AvgIpc) is 2.29. The Bertz CT molecular complexity index is 208. The van der Waals surface area contributed by atoms with Crippen LogP contribution in [0.3, 0.4) is 0 Å². The number of rotatable bonds is 5. The summed E-state index contributed by atoms with van der Waals surface area (Å²) in [5, 5.41) is 0. The predicted molar refractivity (Wildman–Crippen MR) is 60.6 cm³/mol. The van der Waals surface area contributed by atoms with Crippen molar-refractivity contribution in [2.45, 2.75) is 26.2 Å². The van der Waals surface area contributed by atoms with E-state index in [1.54, 1.807) is 6.08 Å². The van der Waals surface area contributed by atoms with Crippen LogP contribution in [0.2, 0.25) is 0 Å². The lowest BCUT2D eigenvalue weighted by Gasteiger charge is -2.31. The zero-order chi connectivity index (χ0) is 11.1. The van der Waals surface area contributed by atoms with Gasteiger partial charge < -0.3 is 9.64 Å². The Hall–Kier alpha value is -0.830. The third-order valence-corrected chi connectivity index (χ3v) is 2.86. The number of ether oxygens (including phenoxy) is 1. The molecule has 1 amide bonds. The highest BCUT2D eigenvalue weighted by Crippen LogP contribution is 2.17. The maximum atomic E-state index is 11.4. The first kappa shape index (κ1) is 12.2. The molecule has 1 heterocycles. The maximum Gasteiger partial charge on any atom is 0.222 e. The lowest BCUT2D eigenvalue weighted by Crippen LogP contribution is -2.39. The van der Waals surface area contributed by atoms with Crippen LogP contribution in [0.15, 0.2) is 12.7 Å². The van der Waals surface area contributed by atoms with E-state index in [1.165, 1.54) is 0 Å². The number of likely N-dealkylation sites (tertiary alicyclic amines) is 1. The molecule has 0 aromatic carbocycles. The molecule has 0 saturated carbocycles. The Balaban J connectivity index is 2.17. The summed E-state index contributed by atoms with van der Waals surface area (Å²) in [6, 6.07) is 0. The maximum absolute atomic E-state index is 11.4. The summed E-state index contributed by atoms with van der Waals surface area (Å²) in [5.74, 6) is 0.895. The topological polar surface area (TPSA) is 29.5 Å². The van der Waals surface area contributed by atoms with E-state index in [0.29, 0.717) is 18.9 Å². The highest BCUT2D eigenvalue weighted by Gasteiger charge is 2.21. The van der Waals surface area contributed by atoms with Crippen molar-refractivity contribution in [3.63, 3.8) is 0 Å². The second-order valence-corrected chi connectivity index (χ2v) is 4.00. The van der Waals surface area contributed by atoms with Crippen LogP contribution in [0.25, 0.3) is 0 Å². The van der Waals surface area contributed by atoms with Crippen molar-refractivity contribution < 1.29 is 9.53 Å². The summed E-state index contributed by atoms with van der Waals surface area (Å²) in [7, 11) is 0. The summed E-state index contributed by atoms with van der Waals surface area (Å²) in [5.41, 5.74) is 0. The first-order chi connectivity index (χ1) is 7.27. The van der Waals surface area contributed by atoms with Gasteiger partial charge in [-0.05, 0) is 18.8 Å². The summed E-state index contributed by atoms with van der Waals surface area (Å²) < 4.78 is 5.42. The molecule has 0 aromatic heterocycles. The first-order valence-corrected chi connectivity index (χ1v) is 5.74. The van der Waals surface area contributed by atoms with Crippen LogP contribution in [-0.4, -0.2) is 37.1 Å². The molecule has 3 nitrogen and oxygen atoms in total. The number of piperidine rings is 1. The number of carbonyl (C=O) groups excluding carboxylic acids is 1. The van der Waals surface area contributed by atoms with E-state index in [0.717, 1.165) is 32.5 Å². The monoisotopic (exact) mass is 211 g/mol. The molecule has 0 bridgehead atoms. The smallest absolute Gasteiger partial charge is 0.222 e. The molecule has 1 saturated heterocycles. The highest BCUT2D eigenvalue weighted by atomic mass is 16.5. The average molecular weight is 211 g/mol. The van der Waals surface area contributed by atoms with Crippen molar-refractivity contribution >= 4 is 5.91 Å². The van der Waals surface area contributed by atoms with Gasteiger partial charge >= 0.3 is 0 Å². The van der Waals surface area contributed by atoms with Gasteiger partial charge in [-0.15, -0.1) is 6.58 Å². The van der Waals surface area contributed by atoms with Gasteiger partial charge in [0, 0.05) is 26.1 Å². The van der Waals surface area contributed by atoms with Gasteiger partial charge in [0.2, 0.25) is 5.91 Å². The minimum atomic E-state index is 0.278. The first-order valence-electron chi connectivity index (χ1n) is 5.74. The Morgan fingerprint density at radius 3 is 2.73 bits per heavy atom. The van der Waals surface area contributed by atoms with Crippen LogP contribution >= 0.6 is 0 Å². The quantitative estimate of drug-likeness (QED) is 0.513. The lowest BCUT2D eigenvalue weighted by molar-refractivity contribution is -0.132. The fourth-order valence-electron chi connectivity index (χ4n) is 1.89. The normalized spacial score (nSPS) is 17.8. The fraction of sp³-hybridized carbons (Fsp3) is 0.750. The van der Waals surface area contributed by atoms with Crippen molar-refractivity contribution in [1.82, 2.24) is 4.90 Å². The predicted octanol–water partition coefficient (Wildman–Crippen LogP) is 1.84. The van der Waals surface area contributed by atoms with Gasteiger partial charge in [0.25, 0.3) is 0 Å². The molecule has 0 N–H and O–H groups in total. The van der Waals surface area contributed by atoms with Crippen molar-refractivity contribution in [2.75, 3.05) is 26.3 Å². The molecule has 15 heavy (non-hydrogen) atoms. The number of amides is 1. The molecular weight excluding hydrogens is 190 g/mol. The Morgan fingerprint density at radius 2 is 2.20 bits per heavy atom. The molecule has 0 aliphatic carbocycles. The SMILES string of the molecule is C=CCOCC1CCN(C(=O)CC)CC1. The van der Waals surface area contributed by atoms with E-state index in [9.17, 15) is 4.79 Å². The van der Waals surface area contributed by atoms with E-state index < -0.39 is 0 Å². The molecule has 3 heteroatoms.